The van der Waals surface area contributed by atoms with Crippen molar-refractivity contribution in [3.63, 3.8) is 0 Å². The number of Topliss-reactive ketones (excluding diaryl/α,β-unsaturated/α-hetero) is 1. The van der Waals surface area contributed by atoms with Crippen LogP contribution in [0.25, 0.3) is 0 Å². The monoisotopic (exact) mass is 422 g/mol. The highest BCUT2D eigenvalue weighted by Crippen LogP contribution is 2.20. The average molecular weight is 423 g/mol. The van der Waals surface area contributed by atoms with E-state index in [-0.39, 0.29) is 5.92 Å². The molecule has 0 aliphatic rings. The van der Waals surface area contributed by atoms with Crippen LogP contribution in [0.4, 0.5) is 0 Å². The van der Waals surface area contributed by atoms with E-state index in [1.807, 2.05) is 6.07 Å². The molecule has 1 rings (SSSR count). The summed E-state index contributed by atoms with van der Waals surface area (Å²) in [5.41, 5.74) is 1.31. The summed E-state index contributed by atoms with van der Waals surface area (Å²) in [5.74, 6) is 0.667. The molecular weight excluding hydrogens is 403 g/mol. The molecule has 0 N–H and O–H groups in total. The summed E-state index contributed by atoms with van der Waals surface area (Å²) in [7, 11) is 0. The van der Waals surface area contributed by atoms with Gasteiger partial charge in [0.2, 0.25) is 0 Å². The van der Waals surface area contributed by atoms with E-state index < -0.39 is 0 Å². The zero-order valence-electron chi connectivity index (χ0n) is 10.8. The van der Waals surface area contributed by atoms with Gasteiger partial charge in [-0.25, -0.2) is 0 Å². The molecule has 1 unspecified atom stereocenters. The van der Waals surface area contributed by atoms with E-state index in [1.54, 1.807) is 0 Å². The topological polar surface area (TPSA) is 17.1 Å². The first-order valence-electron chi connectivity index (χ1n) is 6.50. The van der Waals surface area contributed by atoms with E-state index in [4.69, 9.17) is 0 Å². The second-order valence-electron chi connectivity index (χ2n) is 4.61. The molecule has 18 heavy (non-hydrogen) atoms. The first-order valence-corrected chi connectivity index (χ1v) is 8.82. The number of alkyl halides is 1. The third-order valence-electron chi connectivity index (χ3n) is 3.16. The maximum Gasteiger partial charge on any atom is 0.145 e. The van der Waals surface area contributed by atoms with E-state index in [2.05, 4.69) is 63.6 Å². The third kappa shape index (κ3) is 5.83. The van der Waals surface area contributed by atoms with Crippen molar-refractivity contribution in [1.29, 1.82) is 0 Å². The van der Waals surface area contributed by atoms with Crippen LogP contribution in [0.15, 0.2) is 28.7 Å². The highest BCUT2D eigenvalue weighted by atomic mass is 127. The Kier molecular flexibility index (Phi) is 8.15. The fourth-order valence-corrected chi connectivity index (χ4v) is 3.13. The molecule has 3 heteroatoms. The van der Waals surface area contributed by atoms with Crippen LogP contribution in [0.3, 0.4) is 0 Å². The van der Waals surface area contributed by atoms with Crippen LogP contribution in [0, 0.1) is 5.92 Å². The van der Waals surface area contributed by atoms with E-state index in [1.165, 1.54) is 12.0 Å². The zero-order valence-corrected chi connectivity index (χ0v) is 14.5. The number of carbonyl (C=O) groups excluding carboxylic acids is 1. The lowest BCUT2D eigenvalue weighted by Crippen LogP contribution is -2.16. The lowest BCUT2D eigenvalue weighted by molar-refractivity contribution is -0.120. The summed E-state index contributed by atoms with van der Waals surface area (Å²) in [5, 5.41) is 0. The Morgan fingerprint density at radius 2 is 2.17 bits per heavy atom. The molecule has 0 bridgehead atoms. The summed E-state index contributed by atoms with van der Waals surface area (Å²) < 4.78 is 1.76. The minimum atomic E-state index is 0.251. The quantitative estimate of drug-likeness (QED) is 0.416. The van der Waals surface area contributed by atoms with Crippen molar-refractivity contribution in [3.8, 4) is 0 Å². The van der Waals surface area contributed by atoms with Gasteiger partial charge in [0.05, 0.1) is 4.43 Å². The van der Waals surface area contributed by atoms with Gasteiger partial charge in [-0.3, -0.25) is 4.79 Å². The Morgan fingerprint density at radius 3 is 2.78 bits per heavy atom. The highest BCUT2D eigenvalue weighted by Gasteiger charge is 2.16. The fourth-order valence-electron chi connectivity index (χ4n) is 2.06. The Balaban J connectivity index is 2.53. The molecule has 0 aliphatic carbocycles. The van der Waals surface area contributed by atoms with Crippen LogP contribution >= 0.6 is 38.5 Å². The number of unbranched alkanes of at least 4 members (excludes halogenated alkanes) is 1. The number of rotatable bonds is 8. The summed E-state index contributed by atoms with van der Waals surface area (Å²) in [4.78, 5) is 11.9. The summed E-state index contributed by atoms with van der Waals surface area (Å²) in [6.45, 7) is 2.18. The van der Waals surface area contributed by atoms with Crippen LogP contribution < -0.4 is 0 Å². The van der Waals surface area contributed by atoms with Crippen LogP contribution in [0.5, 0.6) is 0 Å². The van der Waals surface area contributed by atoms with Gasteiger partial charge >= 0.3 is 0 Å². The molecule has 0 heterocycles. The molecule has 0 amide bonds. The number of halogens is 2. The van der Waals surface area contributed by atoms with Gasteiger partial charge in [-0.15, -0.1) is 0 Å². The van der Waals surface area contributed by atoms with Crippen molar-refractivity contribution in [1.82, 2.24) is 0 Å². The van der Waals surface area contributed by atoms with Gasteiger partial charge in [-0.2, -0.15) is 0 Å². The molecule has 0 spiro atoms. The Bertz CT molecular complexity index is 379. The SMILES string of the molecule is CCCCC(CCc1cccc(Br)c1)C(=O)CI. The lowest BCUT2D eigenvalue weighted by Gasteiger charge is -2.14. The minimum absolute atomic E-state index is 0.251. The smallest absolute Gasteiger partial charge is 0.145 e. The van der Waals surface area contributed by atoms with Gasteiger partial charge in [0.1, 0.15) is 5.78 Å². The van der Waals surface area contributed by atoms with E-state index in [0.29, 0.717) is 10.2 Å². The predicted octanol–water partition coefficient (Wildman–Crippen LogP) is 5.19. The second-order valence-corrected chi connectivity index (χ2v) is 6.29. The number of hydrogen-bond acceptors (Lipinski definition) is 1. The Labute approximate surface area is 132 Å². The fraction of sp³-hybridized carbons (Fsp3) is 0.533. The van der Waals surface area contributed by atoms with Gasteiger partial charge < -0.3 is 0 Å². The molecule has 0 saturated carbocycles. The number of benzene rings is 1. The van der Waals surface area contributed by atoms with Crippen molar-refractivity contribution in [2.45, 2.75) is 39.0 Å². The first-order chi connectivity index (χ1) is 8.67. The molecular formula is C15H20BrIO. The Morgan fingerprint density at radius 1 is 1.39 bits per heavy atom. The lowest BCUT2D eigenvalue weighted by atomic mass is 9.91. The molecule has 0 aliphatic heterocycles. The number of aryl methyl sites for hydroxylation is 1. The van der Waals surface area contributed by atoms with Crippen molar-refractivity contribution in [2.75, 3.05) is 4.43 Å². The van der Waals surface area contributed by atoms with Crippen molar-refractivity contribution in [3.05, 3.63) is 34.3 Å². The molecule has 0 saturated heterocycles. The normalized spacial score (nSPS) is 12.4. The molecule has 0 radical (unpaired) electrons. The van der Waals surface area contributed by atoms with Crippen LogP contribution in [-0.2, 0) is 11.2 Å². The predicted molar refractivity (Wildman–Crippen MR) is 89.4 cm³/mol. The van der Waals surface area contributed by atoms with Gasteiger partial charge in [-0.05, 0) is 37.0 Å². The molecule has 1 aromatic carbocycles. The largest absolute Gasteiger partial charge is 0.299 e. The zero-order chi connectivity index (χ0) is 13.4. The van der Waals surface area contributed by atoms with Gasteiger partial charge in [0.25, 0.3) is 0 Å². The molecule has 1 aromatic rings. The maximum absolute atomic E-state index is 11.9. The van der Waals surface area contributed by atoms with Gasteiger partial charge in [0.15, 0.2) is 0 Å². The molecule has 1 atom stereocenters. The number of hydrogen-bond donors (Lipinski definition) is 0. The minimum Gasteiger partial charge on any atom is -0.299 e. The van der Waals surface area contributed by atoms with E-state index in [9.17, 15) is 4.79 Å². The average Bonchev–Trinajstić information content (AvgIpc) is 2.38. The van der Waals surface area contributed by atoms with Crippen LogP contribution in [-0.4, -0.2) is 10.2 Å². The molecule has 100 valence electrons. The van der Waals surface area contributed by atoms with Gasteiger partial charge in [0, 0.05) is 10.4 Å². The van der Waals surface area contributed by atoms with E-state index >= 15 is 0 Å². The van der Waals surface area contributed by atoms with Crippen molar-refractivity contribution < 1.29 is 4.79 Å². The maximum atomic E-state index is 11.9. The summed E-state index contributed by atoms with van der Waals surface area (Å²) >= 11 is 5.67. The molecule has 0 fully saturated rings. The van der Waals surface area contributed by atoms with E-state index in [0.717, 1.165) is 30.2 Å². The van der Waals surface area contributed by atoms with Crippen molar-refractivity contribution >= 4 is 44.3 Å². The number of ketones is 1. The second kappa shape index (κ2) is 9.08. The number of carbonyl (C=O) groups is 1. The van der Waals surface area contributed by atoms with Crippen molar-refractivity contribution in [2.24, 2.45) is 5.92 Å². The third-order valence-corrected chi connectivity index (χ3v) is 4.41. The standard InChI is InChI=1S/C15H20BrIO/c1-2-3-6-13(15(18)11-17)9-8-12-5-4-7-14(16)10-12/h4-5,7,10,13H,2-3,6,8-9,11H2,1H3. The highest BCUT2D eigenvalue weighted by molar-refractivity contribution is 14.1. The molecule has 1 nitrogen and oxygen atoms in total. The summed E-state index contributed by atoms with van der Waals surface area (Å²) in [6, 6.07) is 8.37. The van der Waals surface area contributed by atoms with Gasteiger partial charge in [-0.1, -0.05) is 70.4 Å². The first kappa shape index (κ1) is 16.2. The van der Waals surface area contributed by atoms with Crippen LogP contribution in [0.2, 0.25) is 0 Å². The summed E-state index contributed by atoms with van der Waals surface area (Å²) in [6.07, 6.45) is 5.36. The molecule has 0 aromatic heterocycles. The Hall–Kier alpha value is 0.1000. The van der Waals surface area contributed by atoms with Crippen LogP contribution in [0.1, 0.15) is 38.2 Å².